The van der Waals surface area contributed by atoms with Gasteiger partial charge >= 0.3 is 0 Å². The van der Waals surface area contributed by atoms with Crippen LogP contribution in [0, 0.1) is 23.0 Å². The van der Waals surface area contributed by atoms with Gasteiger partial charge in [0.1, 0.15) is 17.7 Å². The molecule has 0 bridgehead atoms. The molecule has 15 heavy (non-hydrogen) atoms. The molecular formula is C11H9F2NO. The number of aryl methyl sites for hydroxylation is 1. The summed E-state index contributed by atoms with van der Waals surface area (Å²) >= 11 is 0. The van der Waals surface area contributed by atoms with Gasteiger partial charge in [-0.25, -0.2) is 8.78 Å². The van der Waals surface area contributed by atoms with Crippen LogP contribution in [-0.4, -0.2) is 5.78 Å². The molecule has 0 atom stereocenters. The van der Waals surface area contributed by atoms with Gasteiger partial charge in [-0.1, -0.05) is 0 Å². The van der Waals surface area contributed by atoms with Crippen molar-refractivity contribution in [3.8, 4) is 6.07 Å². The lowest BCUT2D eigenvalue weighted by atomic mass is 10.1. The number of halogens is 2. The maximum atomic E-state index is 13.1. The van der Waals surface area contributed by atoms with Crippen LogP contribution in [0.2, 0.25) is 0 Å². The lowest BCUT2D eigenvalue weighted by Gasteiger charge is -2.01. The van der Waals surface area contributed by atoms with E-state index in [-0.39, 0.29) is 18.4 Å². The first-order valence-corrected chi connectivity index (χ1v) is 4.50. The molecule has 0 aliphatic carbocycles. The molecule has 0 aliphatic rings. The predicted octanol–water partition coefficient (Wildman–Crippen LogP) is 2.38. The zero-order valence-electron chi connectivity index (χ0n) is 7.96. The van der Waals surface area contributed by atoms with E-state index in [4.69, 9.17) is 5.26 Å². The van der Waals surface area contributed by atoms with Crippen LogP contribution in [0.15, 0.2) is 18.2 Å². The molecule has 0 radical (unpaired) electrons. The minimum atomic E-state index is -0.535. The number of nitriles is 1. The van der Waals surface area contributed by atoms with Crippen LogP contribution < -0.4 is 0 Å². The van der Waals surface area contributed by atoms with Crippen molar-refractivity contribution in [2.45, 2.75) is 19.3 Å². The first-order chi connectivity index (χ1) is 7.13. The monoisotopic (exact) mass is 209 g/mol. The number of hydrogen-bond donors (Lipinski definition) is 0. The third kappa shape index (κ3) is 3.47. The Morgan fingerprint density at radius 1 is 1.40 bits per heavy atom. The lowest BCUT2D eigenvalue weighted by Crippen LogP contribution is -1.97. The standard InChI is InChI=1S/C11H9F2NO/c12-9-4-5-11(13)8(6-9)2-1-3-10(15)7-14/h4-6H,1-3H2. The van der Waals surface area contributed by atoms with Crippen molar-refractivity contribution < 1.29 is 13.6 Å². The van der Waals surface area contributed by atoms with Gasteiger partial charge in [-0.15, -0.1) is 0 Å². The molecule has 0 saturated heterocycles. The van der Waals surface area contributed by atoms with Crippen molar-refractivity contribution in [2.75, 3.05) is 0 Å². The molecular weight excluding hydrogens is 200 g/mol. The fraction of sp³-hybridized carbons (Fsp3) is 0.273. The molecule has 0 saturated carbocycles. The lowest BCUT2D eigenvalue weighted by molar-refractivity contribution is -0.114. The van der Waals surface area contributed by atoms with Crippen LogP contribution in [0.5, 0.6) is 0 Å². The highest BCUT2D eigenvalue weighted by molar-refractivity contribution is 5.93. The van der Waals surface area contributed by atoms with Crippen molar-refractivity contribution >= 4 is 5.78 Å². The minimum absolute atomic E-state index is 0.0758. The van der Waals surface area contributed by atoms with Gasteiger partial charge in [0.15, 0.2) is 0 Å². The van der Waals surface area contributed by atoms with E-state index in [9.17, 15) is 13.6 Å². The number of hydrogen-bond acceptors (Lipinski definition) is 2. The summed E-state index contributed by atoms with van der Waals surface area (Å²) in [7, 11) is 0. The molecule has 0 heterocycles. The zero-order valence-corrected chi connectivity index (χ0v) is 7.96. The van der Waals surface area contributed by atoms with E-state index in [1.807, 2.05) is 0 Å². The number of rotatable bonds is 4. The molecule has 4 heteroatoms. The Hall–Kier alpha value is -1.76. The molecule has 0 unspecified atom stereocenters. The van der Waals surface area contributed by atoms with E-state index in [1.54, 1.807) is 0 Å². The van der Waals surface area contributed by atoms with E-state index >= 15 is 0 Å². The summed E-state index contributed by atoms with van der Waals surface area (Å²) in [4.78, 5) is 10.6. The molecule has 0 spiro atoms. The van der Waals surface area contributed by atoms with Gasteiger partial charge in [-0.2, -0.15) is 5.26 Å². The van der Waals surface area contributed by atoms with Crippen LogP contribution in [0.25, 0.3) is 0 Å². The van der Waals surface area contributed by atoms with Crippen molar-refractivity contribution in [1.29, 1.82) is 5.26 Å². The number of benzene rings is 1. The quantitative estimate of drug-likeness (QED) is 0.714. The van der Waals surface area contributed by atoms with Crippen molar-refractivity contribution in [1.82, 2.24) is 0 Å². The summed E-state index contributed by atoms with van der Waals surface area (Å²) in [6.07, 6.45) is 0.691. The largest absolute Gasteiger partial charge is 0.283 e. The molecule has 0 fully saturated rings. The smallest absolute Gasteiger partial charge is 0.231 e. The molecule has 1 aromatic carbocycles. The molecule has 0 N–H and O–H groups in total. The second kappa shape index (κ2) is 5.20. The highest BCUT2D eigenvalue weighted by Gasteiger charge is 2.05. The second-order valence-corrected chi connectivity index (χ2v) is 3.12. The van der Waals surface area contributed by atoms with Crippen LogP contribution in [0.4, 0.5) is 8.78 Å². The van der Waals surface area contributed by atoms with Gasteiger partial charge in [0, 0.05) is 6.42 Å². The van der Waals surface area contributed by atoms with Gasteiger partial charge in [0.25, 0.3) is 0 Å². The third-order valence-electron chi connectivity index (χ3n) is 1.98. The maximum absolute atomic E-state index is 13.1. The van der Waals surface area contributed by atoms with Gasteiger partial charge < -0.3 is 0 Å². The summed E-state index contributed by atoms with van der Waals surface area (Å²) in [5.74, 6) is -1.52. The number of nitrogens with zero attached hydrogens (tertiary/aromatic N) is 1. The van der Waals surface area contributed by atoms with Crippen molar-refractivity contribution in [3.05, 3.63) is 35.4 Å². The first kappa shape index (κ1) is 11.3. The highest BCUT2D eigenvalue weighted by Crippen LogP contribution is 2.12. The van der Waals surface area contributed by atoms with E-state index < -0.39 is 17.4 Å². The average molecular weight is 209 g/mol. The SMILES string of the molecule is N#CC(=O)CCCc1cc(F)ccc1F. The second-order valence-electron chi connectivity index (χ2n) is 3.12. The summed E-state index contributed by atoms with van der Waals surface area (Å²) in [6, 6.07) is 4.67. The fourth-order valence-electron chi connectivity index (χ4n) is 1.23. The minimum Gasteiger partial charge on any atom is -0.283 e. The van der Waals surface area contributed by atoms with Crippen molar-refractivity contribution in [2.24, 2.45) is 0 Å². The zero-order chi connectivity index (χ0) is 11.3. The Bertz CT molecular complexity index is 410. The van der Waals surface area contributed by atoms with E-state index in [2.05, 4.69) is 0 Å². The van der Waals surface area contributed by atoms with Gasteiger partial charge in [-0.05, 0) is 36.6 Å². The van der Waals surface area contributed by atoms with E-state index in [0.717, 1.165) is 18.2 Å². The molecule has 1 aromatic rings. The maximum Gasteiger partial charge on any atom is 0.231 e. The van der Waals surface area contributed by atoms with Crippen LogP contribution in [0.1, 0.15) is 18.4 Å². The number of Topliss-reactive ketones (excluding diaryl/α,β-unsaturated/α-hetero) is 1. The van der Waals surface area contributed by atoms with Gasteiger partial charge in [0.2, 0.25) is 5.78 Å². The van der Waals surface area contributed by atoms with Crippen molar-refractivity contribution in [3.63, 3.8) is 0 Å². The number of ketones is 1. The van der Waals surface area contributed by atoms with Crippen LogP contribution >= 0.6 is 0 Å². The summed E-state index contributed by atoms with van der Waals surface area (Å²) in [5, 5.41) is 8.20. The molecule has 78 valence electrons. The molecule has 0 aliphatic heterocycles. The van der Waals surface area contributed by atoms with E-state index in [0.29, 0.717) is 6.42 Å². The Morgan fingerprint density at radius 2 is 2.13 bits per heavy atom. The Kier molecular flexibility index (Phi) is 3.92. The molecule has 1 rings (SSSR count). The highest BCUT2D eigenvalue weighted by atomic mass is 19.1. The van der Waals surface area contributed by atoms with E-state index in [1.165, 1.54) is 6.07 Å². The summed E-state index contributed by atoms with van der Waals surface area (Å²) in [5.41, 5.74) is 0.237. The molecule has 2 nitrogen and oxygen atoms in total. The number of carbonyl (C=O) groups excluding carboxylic acids is 1. The topological polar surface area (TPSA) is 40.9 Å². The van der Waals surface area contributed by atoms with Gasteiger partial charge in [-0.3, -0.25) is 4.79 Å². The Balaban J connectivity index is 2.54. The van der Waals surface area contributed by atoms with Crippen LogP contribution in [0.3, 0.4) is 0 Å². The first-order valence-electron chi connectivity index (χ1n) is 4.50. The Morgan fingerprint density at radius 3 is 2.80 bits per heavy atom. The molecule has 0 aromatic heterocycles. The molecule has 0 amide bonds. The third-order valence-corrected chi connectivity index (χ3v) is 1.98. The average Bonchev–Trinajstić information content (AvgIpc) is 2.23. The van der Waals surface area contributed by atoms with Gasteiger partial charge in [0.05, 0.1) is 0 Å². The summed E-state index contributed by atoms with van der Waals surface area (Å²) in [6.45, 7) is 0. The Labute approximate surface area is 86.1 Å². The normalized spacial score (nSPS) is 9.67. The summed E-state index contributed by atoms with van der Waals surface area (Å²) < 4.78 is 25.8. The number of carbonyl (C=O) groups is 1. The fourth-order valence-corrected chi connectivity index (χ4v) is 1.23. The van der Waals surface area contributed by atoms with Crippen LogP contribution in [-0.2, 0) is 11.2 Å². The predicted molar refractivity (Wildman–Crippen MR) is 49.9 cm³/mol.